The van der Waals surface area contributed by atoms with Crippen LogP contribution in [0.5, 0.6) is 5.75 Å². The van der Waals surface area contributed by atoms with Crippen LogP contribution in [0.15, 0.2) is 60.9 Å². The molecule has 0 saturated heterocycles. The van der Waals surface area contributed by atoms with Crippen molar-refractivity contribution in [2.45, 2.75) is 53.2 Å². The Morgan fingerprint density at radius 3 is 2.30 bits per heavy atom. The largest absolute Gasteiger partial charge is 0.508 e. The van der Waals surface area contributed by atoms with Gasteiger partial charge in [0.25, 0.3) is 0 Å². The molecule has 1 heterocycles. The predicted octanol–water partition coefficient (Wildman–Crippen LogP) is 5.58. The maximum absolute atomic E-state index is 10.5. The zero-order valence-corrected chi connectivity index (χ0v) is 17.0. The van der Waals surface area contributed by atoms with Crippen LogP contribution >= 0.6 is 0 Å². The molecule has 2 rings (SSSR count). The Kier molecular flexibility index (Phi) is 7.62. The molecule has 2 aromatic rings. The molecule has 0 aliphatic rings. The van der Waals surface area contributed by atoms with Crippen LogP contribution in [0.1, 0.15) is 38.8 Å². The molecular formula is C23H31N3O. The van der Waals surface area contributed by atoms with E-state index in [2.05, 4.69) is 42.9 Å². The highest BCUT2D eigenvalue weighted by atomic mass is 16.3. The summed E-state index contributed by atoms with van der Waals surface area (Å²) in [5.74, 6) is 0.308. The Balaban J connectivity index is 2.22. The quantitative estimate of drug-likeness (QED) is 0.701. The van der Waals surface area contributed by atoms with E-state index in [1.165, 1.54) is 0 Å². The summed E-state index contributed by atoms with van der Waals surface area (Å²) in [6.07, 6.45) is 3.52. The number of phenols is 1. The molecule has 0 amide bonds. The molecule has 4 heteroatoms. The van der Waals surface area contributed by atoms with Gasteiger partial charge in [0.05, 0.1) is 0 Å². The highest BCUT2D eigenvalue weighted by Crippen LogP contribution is 2.26. The summed E-state index contributed by atoms with van der Waals surface area (Å²) in [4.78, 5) is 6.58. The molecule has 0 spiro atoms. The number of aromatic nitrogens is 1. The van der Waals surface area contributed by atoms with Gasteiger partial charge in [-0.2, -0.15) is 0 Å². The SMILES string of the molecule is Cc1cccc(Nc2ccc(CN(C(C)C)C(C)C)c(O)c2)ccncc1. The average molecular weight is 366 g/mol. The fourth-order valence-corrected chi connectivity index (χ4v) is 2.93. The van der Waals surface area contributed by atoms with Gasteiger partial charge in [0.2, 0.25) is 0 Å². The lowest BCUT2D eigenvalue weighted by molar-refractivity contribution is 0.164. The van der Waals surface area contributed by atoms with Gasteiger partial charge in [0, 0.05) is 54.0 Å². The molecule has 0 unspecified atom stereocenters. The minimum absolute atomic E-state index is 0.308. The zero-order chi connectivity index (χ0) is 19.8. The number of hydrogen-bond donors (Lipinski definition) is 2. The highest BCUT2D eigenvalue weighted by molar-refractivity contribution is 5.61. The van der Waals surface area contributed by atoms with Gasteiger partial charge in [-0.25, -0.2) is 0 Å². The molecule has 0 aliphatic heterocycles. The average Bonchev–Trinajstić information content (AvgIpc) is 2.60. The minimum atomic E-state index is 0.308. The lowest BCUT2D eigenvalue weighted by Gasteiger charge is -2.30. The van der Waals surface area contributed by atoms with Crippen LogP contribution in [0.2, 0.25) is 0 Å². The second-order valence-electron chi connectivity index (χ2n) is 7.33. The summed E-state index contributed by atoms with van der Waals surface area (Å²) in [5.41, 5.74) is 3.81. The van der Waals surface area contributed by atoms with Gasteiger partial charge in [0.1, 0.15) is 5.75 Å². The highest BCUT2D eigenvalue weighted by Gasteiger charge is 2.15. The van der Waals surface area contributed by atoms with Crippen LogP contribution in [-0.4, -0.2) is 27.1 Å². The number of nitrogens with zero attached hydrogens (tertiary/aromatic N) is 2. The zero-order valence-electron chi connectivity index (χ0n) is 17.0. The number of anilines is 2. The van der Waals surface area contributed by atoms with E-state index in [1.54, 1.807) is 18.5 Å². The first-order chi connectivity index (χ1) is 12.9. The van der Waals surface area contributed by atoms with Crippen molar-refractivity contribution in [1.29, 1.82) is 0 Å². The normalized spacial score (nSPS) is 11.0. The second kappa shape index (κ2) is 9.93. The van der Waals surface area contributed by atoms with Gasteiger partial charge < -0.3 is 10.4 Å². The Hall–Kier alpha value is -2.59. The van der Waals surface area contributed by atoms with Crippen molar-refractivity contribution in [2.75, 3.05) is 5.32 Å². The minimum Gasteiger partial charge on any atom is -0.508 e. The number of aromatic hydroxyl groups is 1. The molecule has 1 aromatic carbocycles. The summed E-state index contributed by atoms with van der Waals surface area (Å²) in [6.45, 7) is 11.5. The number of aryl methyl sites for hydroxylation is 1. The molecule has 144 valence electrons. The predicted molar refractivity (Wildman–Crippen MR) is 114 cm³/mol. The topological polar surface area (TPSA) is 48.4 Å². The van der Waals surface area contributed by atoms with Gasteiger partial charge >= 0.3 is 0 Å². The van der Waals surface area contributed by atoms with Crippen LogP contribution in [0.25, 0.3) is 0 Å². The van der Waals surface area contributed by atoms with Crippen molar-refractivity contribution < 1.29 is 5.11 Å². The summed E-state index contributed by atoms with van der Waals surface area (Å²) in [5, 5.41) is 13.8. The van der Waals surface area contributed by atoms with Gasteiger partial charge in [-0.1, -0.05) is 18.2 Å². The van der Waals surface area contributed by atoms with E-state index in [0.29, 0.717) is 17.8 Å². The molecule has 27 heavy (non-hydrogen) atoms. The van der Waals surface area contributed by atoms with Gasteiger partial charge in [-0.15, -0.1) is 0 Å². The number of phenolic OH excluding ortho intramolecular Hbond substituents is 1. The number of benzene rings is 1. The van der Waals surface area contributed by atoms with Crippen LogP contribution in [0.3, 0.4) is 0 Å². The van der Waals surface area contributed by atoms with E-state index >= 15 is 0 Å². The molecule has 0 saturated carbocycles. The van der Waals surface area contributed by atoms with E-state index < -0.39 is 0 Å². The molecule has 0 atom stereocenters. The van der Waals surface area contributed by atoms with E-state index in [1.807, 2.05) is 49.4 Å². The Morgan fingerprint density at radius 2 is 1.63 bits per heavy atom. The third-order valence-corrected chi connectivity index (χ3v) is 4.45. The standard InChI is InChI=1S/C23H31N3O/c1-17(2)26(18(3)4)16-20-9-10-22(15-23(20)27)25-21-8-6-7-19(5)11-13-24-14-12-21/h6-15,17-18,25,27H,16H2,1-5H3. The van der Waals surface area contributed by atoms with E-state index in [4.69, 9.17) is 0 Å². The fraction of sp³-hybridized carbons (Fsp3) is 0.348. The lowest BCUT2D eigenvalue weighted by atomic mass is 10.1. The molecule has 0 aliphatic carbocycles. The van der Waals surface area contributed by atoms with Crippen LogP contribution < -0.4 is 5.32 Å². The summed E-state index contributed by atoms with van der Waals surface area (Å²) in [6, 6.07) is 16.5. The Labute approximate surface area is 163 Å². The van der Waals surface area contributed by atoms with Crippen molar-refractivity contribution in [3.63, 3.8) is 0 Å². The van der Waals surface area contributed by atoms with Crippen molar-refractivity contribution >= 4 is 11.4 Å². The van der Waals surface area contributed by atoms with Gasteiger partial charge in [-0.05, 0) is 64.4 Å². The first kappa shape index (κ1) is 20.7. The number of hydrogen-bond acceptors (Lipinski definition) is 4. The number of nitrogens with one attached hydrogen (secondary N) is 1. The second-order valence-corrected chi connectivity index (χ2v) is 7.33. The molecule has 0 radical (unpaired) electrons. The first-order valence-corrected chi connectivity index (χ1v) is 9.46. The van der Waals surface area contributed by atoms with Crippen molar-refractivity contribution in [1.82, 2.24) is 9.88 Å². The van der Waals surface area contributed by atoms with E-state index in [-0.39, 0.29) is 0 Å². The van der Waals surface area contributed by atoms with E-state index in [9.17, 15) is 5.11 Å². The molecule has 2 N–H and O–H groups in total. The molecule has 4 nitrogen and oxygen atoms in total. The monoisotopic (exact) mass is 365 g/mol. The lowest BCUT2D eigenvalue weighted by Crippen LogP contribution is -2.36. The fourth-order valence-electron chi connectivity index (χ4n) is 2.93. The summed E-state index contributed by atoms with van der Waals surface area (Å²) in [7, 11) is 0. The maximum atomic E-state index is 10.5. The van der Waals surface area contributed by atoms with Gasteiger partial charge in [0.15, 0.2) is 0 Å². The van der Waals surface area contributed by atoms with Crippen LogP contribution in [0, 0.1) is 6.92 Å². The van der Waals surface area contributed by atoms with E-state index in [0.717, 1.165) is 29.0 Å². The Morgan fingerprint density at radius 1 is 0.926 bits per heavy atom. The van der Waals surface area contributed by atoms with Crippen LogP contribution in [-0.2, 0) is 6.54 Å². The first-order valence-electron chi connectivity index (χ1n) is 9.46. The Bertz CT molecular complexity index is 793. The van der Waals surface area contributed by atoms with Crippen LogP contribution in [0.4, 0.5) is 11.4 Å². The molecule has 0 bridgehead atoms. The molecular weight excluding hydrogens is 334 g/mol. The summed E-state index contributed by atoms with van der Waals surface area (Å²) >= 11 is 0. The third-order valence-electron chi connectivity index (χ3n) is 4.45. The summed E-state index contributed by atoms with van der Waals surface area (Å²) < 4.78 is 0. The number of rotatable bonds is 6. The van der Waals surface area contributed by atoms with Crippen molar-refractivity contribution in [3.8, 4) is 5.75 Å². The van der Waals surface area contributed by atoms with Crippen molar-refractivity contribution in [2.24, 2.45) is 0 Å². The van der Waals surface area contributed by atoms with Crippen molar-refractivity contribution in [3.05, 3.63) is 72.1 Å². The maximum Gasteiger partial charge on any atom is 0.122 e. The third kappa shape index (κ3) is 6.57. The smallest absolute Gasteiger partial charge is 0.122 e. The molecule has 1 aromatic heterocycles. The molecule has 0 fully saturated rings. The van der Waals surface area contributed by atoms with Gasteiger partial charge in [-0.3, -0.25) is 9.88 Å².